The van der Waals surface area contributed by atoms with Gasteiger partial charge in [0.15, 0.2) is 0 Å². The second-order valence-corrected chi connectivity index (χ2v) is 4.37. The van der Waals surface area contributed by atoms with Gasteiger partial charge in [0.25, 0.3) is 0 Å². The molecule has 1 amide bonds. The Labute approximate surface area is 99.6 Å². The van der Waals surface area contributed by atoms with E-state index in [9.17, 15) is 9.59 Å². The first kappa shape index (κ1) is 14.8. The molecule has 0 fully saturated rings. The van der Waals surface area contributed by atoms with Gasteiger partial charge in [0.2, 0.25) is 0 Å². The van der Waals surface area contributed by atoms with Crippen molar-refractivity contribution in [2.45, 2.75) is 26.4 Å². The summed E-state index contributed by atoms with van der Waals surface area (Å²) >= 11 is 5.31. The molecule has 6 heteroatoms. The van der Waals surface area contributed by atoms with E-state index < -0.39 is 24.2 Å². The number of halogens is 1. The number of carbonyl (C=O) groups excluding carboxylic acids is 1. The van der Waals surface area contributed by atoms with Crippen LogP contribution in [0.1, 0.15) is 20.8 Å². The number of rotatable bonds is 4. The smallest absolute Gasteiger partial charge is 0.411 e. The molecule has 0 aromatic rings. The molecule has 0 spiro atoms. The van der Waals surface area contributed by atoms with Crippen molar-refractivity contribution in [3.63, 3.8) is 0 Å². The second kappa shape index (κ2) is 6.37. The Kier molecular flexibility index (Phi) is 5.88. The molecule has 0 rings (SSSR count). The Bertz CT molecular complexity index is 283. The Morgan fingerprint density at radius 2 is 2.00 bits per heavy atom. The molecule has 16 heavy (non-hydrogen) atoms. The predicted molar refractivity (Wildman–Crippen MR) is 60.4 cm³/mol. The molecule has 0 aliphatic heterocycles. The van der Waals surface area contributed by atoms with Crippen LogP contribution in [0.2, 0.25) is 0 Å². The number of aliphatic carboxylic acids is 1. The third-order valence-corrected chi connectivity index (χ3v) is 1.57. The molecule has 0 aliphatic carbocycles. The van der Waals surface area contributed by atoms with Gasteiger partial charge in [-0.1, -0.05) is 17.7 Å². The summed E-state index contributed by atoms with van der Waals surface area (Å²) in [5.41, 5.74) is 0.567. The van der Waals surface area contributed by atoms with Gasteiger partial charge in [-0.2, -0.15) is 0 Å². The quantitative estimate of drug-likeness (QED) is 0.828. The summed E-state index contributed by atoms with van der Waals surface area (Å²) in [6.45, 7) is 4.81. The van der Waals surface area contributed by atoms with Crippen LogP contribution in [-0.2, 0) is 9.53 Å². The minimum atomic E-state index is -1.10. The van der Waals surface area contributed by atoms with Crippen LogP contribution in [0.15, 0.2) is 11.6 Å². The SMILES string of the molecule is CC(C)(C)OC(=O)N(CC=CCl)CC(=O)O. The lowest BCUT2D eigenvalue weighted by atomic mass is 10.2. The summed E-state index contributed by atoms with van der Waals surface area (Å²) in [6, 6.07) is 0. The largest absolute Gasteiger partial charge is 0.480 e. The molecule has 0 aromatic carbocycles. The van der Waals surface area contributed by atoms with E-state index in [1.165, 1.54) is 11.6 Å². The van der Waals surface area contributed by atoms with Crippen molar-refractivity contribution in [3.8, 4) is 0 Å². The average Bonchev–Trinajstić information content (AvgIpc) is 2.08. The van der Waals surface area contributed by atoms with Gasteiger partial charge >= 0.3 is 12.1 Å². The van der Waals surface area contributed by atoms with Crippen molar-refractivity contribution in [2.75, 3.05) is 13.1 Å². The zero-order valence-corrected chi connectivity index (χ0v) is 10.3. The predicted octanol–water partition coefficient (Wildman–Crippen LogP) is 2.06. The number of hydrogen-bond donors (Lipinski definition) is 1. The minimum absolute atomic E-state index is 0.102. The van der Waals surface area contributed by atoms with Crippen LogP contribution in [-0.4, -0.2) is 40.8 Å². The van der Waals surface area contributed by atoms with Crippen molar-refractivity contribution < 1.29 is 19.4 Å². The third-order valence-electron chi connectivity index (χ3n) is 1.39. The fourth-order valence-electron chi connectivity index (χ4n) is 0.860. The standard InChI is InChI=1S/C10H16ClNO4/c1-10(2,3)16-9(15)12(6-4-5-11)7-8(13)14/h4-5H,6-7H2,1-3H3,(H,13,14). The van der Waals surface area contributed by atoms with E-state index in [0.29, 0.717) is 0 Å². The normalized spacial score (nSPS) is 11.5. The highest BCUT2D eigenvalue weighted by Crippen LogP contribution is 2.09. The van der Waals surface area contributed by atoms with Crippen LogP contribution in [0.4, 0.5) is 4.79 Å². The van der Waals surface area contributed by atoms with E-state index >= 15 is 0 Å². The number of carboxylic acids is 1. The molecule has 0 aliphatic rings. The Morgan fingerprint density at radius 3 is 2.38 bits per heavy atom. The van der Waals surface area contributed by atoms with E-state index in [-0.39, 0.29) is 6.54 Å². The van der Waals surface area contributed by atoms with E-state index in [4.69, 9.17) is 21.4 Å². The van der Waals surface area contributed by atoms with E-state index in [1.807, 2.05) is 0 Å². The Hall–Kier alpha value is -1.23. The number of hydrogen-bond acceptors (Lipinski definition) is 3. The molecule has 0 saturated heterocycles. The number of carbonyl (C=O) groups is 2. The van der Waals surface area contributed by atoms with Crippen LogP contribution in [0.5, 0.6) is 0 Å². The zero-order valence-electron chi connectivity index (χ0n) is 9.57. The molecule has 0 aromatic heterocycles. The molecule has 0 bridgehead atoms. The van der Waals surface area contributed by atoms with Crippen LogP contribution < -0.4 is 0 Å². The number of ether oxygens (including phenoxy) is 1. The molecule has 1 N–H and O–H groups in total. The van der Waals surface area contributed by atoms with Gasteiger partial charge in [0.05, 0.1) is 0 Å². The van der Waals surface area contributed by atoms with E-state index in [0.717, 1.165) is 4.90 Å². The molecular weight excluding hydrogens is 234 g/mol. The summed E-state index contributed by atoms with van der Waals surface area (Å²) in [7, 11) is 0. The zero-order chi connectivity index (χ0) is 12.8. The van der Waals surface area contributed by atoms with Crippen molar-refractivity contribution in [1.29, 1.82) is 0 Å². The highest BCUT2D eigenvalue weighted by atomic mass is 35.5. The Balaban J connectivity index is 4.49. The maximum absolute atomic E-state index is 11.6. The molecule has 0 heterocycles. The molecule has 0 unspecified atom stereocenters. The fourth-order valence-corrected chi connectivity index (χ4v) is 0.940. The molecule has 0 radical (unpaired) electrons. The highest BCUT2D eigenvalue weighted by molar-refractivity contribution is 6.25. The summed E-state index contributed by atoms with van der Waals surface area (Å²) < 4.78 is 5.04. The maximum atomic E-state index is 11.6. The van der Waals surface area contributed by atoms with Gasteiger partial charge in [-0.15, -0.1) is 0 Å². The average molecular weight is 250 g/mol. The fraction of sp³-hybridized carbons (Fsp3) is 0.600. The molecule has 5 nitrogen and oxygen atoms in total. The first-order valence-corrected chi connectivity index (χ1v) is 5.15. The van der Waals surface area contributed by atoms with Crippen LogP contribution >= 0.6 is 11.6 Å². The van der Waals surface area contributed by atoms with Crippen molar-refractivity contribution in [3.05, 3.63) is 11.6 Å². The number of nitrogens with zero attached hydrogens (tertiary/aromatic N) is 1. The van der Waals surface area contributed by atoms with Crippen molar-refractivity contribution >= 4 is 23.7 Å². The van der Waals surface area contributed by atoms with E-state index in [1.54, 1.807) is 20.8 Å². The maximum Gasteiger partial charge on any atom is 0.411 e. The highest BCUT2D eigenvalue weighted by Gasteiger charge is 2.22. The lowest BCUT2D eigenvalue weighted by Crippen LogP contribution is -2.39. The van der Waals surface area contributed by atoms with Gasteiger partial charge in [-0.25, -0.2) is 4.79 Å². The van der Waals surface area contributed by atoms with Gasteiger partial charge < -0.3 is 9.84 Å². The molecule has 0 saturated carbocycles. The topological polar surface area (TPSA) is 66.8 Å². The summed E-state index contributed by atoms with van der Waals surface area (Å²) in [5.74, 6) is -1.10. The van der Waals surface area contributed by atoms with Crippen molar-refractivity contribution in [2.24, 2.45) is 0 Å². The van der Waals surface area contributed by atoms with Crippen LogP contribution in [0.3, 0.4) is 0 Å². The molecule has 0 atom stereocenters. The summed E-state index contributed by atoms with van der Waals surface area (Å²) in [6.07, 6.45) is 0.790. The summed E-state index contributed by atoms with van der Waals surface area (Å²) in [4.78, 5) is 23.1. The van der Waals surface area contributed by atoms with Crippen LogP contribution in [0, 0.1) is 0 Å². The lowest BCUT2D eigenvalue weighted by molar-refractivity contribution is -0.138. The first-order valence-electron chi connectivity index (χ1n) is 4.71. The molecular formula is C10H16ClNO4. The first-order chi connectivity index (χ1) is 7.26. The number of amides is 1. The Morgan fingerprint density at radius 1 is 1.44 bits per heavy atom. The lowest BCUT2D eigenvalue weighted by Gasteiger charge is -2.25. The number of carboxylic acid groups (broad SMARTS) is 1. The van der Waals surface area contributed by atoms with Crippen LogP contribution in [0.25, 0.3) is 0 Å². The van der Waals surface area contributed by atoms with Gasteiger partial charge in [0.1, 0.15) is 12.1 Å². The minimum Gasteiger partial charge on any atom is -0.480 e. The van der Waals surface area contributed by atoms with Gasteiger partial charge in [0, 0.05) is 12.1 Å². The summed E-state index contributed by atoms with van der Waals surface area (Å²) in [5, 5.41) is 8.62. The van der Waals surface area contributed by atoms with Gasteiger partial charge in [-0.3, -0.25) is 9.69 Å². The molecule has 92 valence electrons. The van der Waals surface area contributed by atoms with Gasteiger partial charge in [-0.05, 0) is 20.8 Å². The third kappa shape index (κ3) is 7.11. The second-order valence-electron chi connectivity index (χ2n) is 4.12. The van der Waals surface area contributed by atoms with Crippen molar-refractivity contribution in [1.82, 2.24) is 4.90 Å². The monoisotopic (exact) mass is 249 g/mol. The van der Waals surface area contributed by atoms with E-state index in [2.05, 4.69) is 0 Å².